The van der Waals surface area contributed by atoms with Crippen molar-refractivity contribution in [2.45, 2.75) is 6.54 Å². The molecule has 6 nitrogen and oxygen atoms in total. The van der Waals surface area contributed by atoms with Crippen molar-refractivity contribution >= 4 is 17.7 Å². The maximum absolute atomic E-state index is 12.6. The molecule has 1 aliphatic heterocycles. The van der Waals surface area contributed by atoms with Crippen LogP contribution in [0.2, 0.25) is 0 Å². The van der Waals surface area contributed by atoms with Crippen LogP contribution in [-0.2, 0) is 20.9 Å². The van der Waals surface area contributed by atoms with Gasteiger partial charge in [0.05, 0.1) is 19.7 Å². The number of ether oxygens (including phenoxy) is 1. The third kappa shape index (κ3) is 3.91. The molecule has 0 spiro atoms. The van der Waals surface area contributed by atoms with Crippen molar-refractivity contribution in [1.82, 2.24) is 5.06 Å². The summed E-state index contributed by atoms with van der Waals surface area (Å²) in [6.07, 6.45) is -0.597. The fraction of sp³-hybridized carbons (Fsp3) is 0.222. The van der Waals surface area contributed by atoms with Gasteiger partial charge in [-0.2, -0.15) is 5.06 Å². The Morgan fingerprint density at radius 3 is 2.42 bits per heavy atom. The first-order chi connectivity index (χ1) is 11.7. The highest BCUT2D eigenvalue weighted by Gasteiger charge is 2.26. The smallest absolute Gasteiger partial charge is 0.370 e. The van der Waals surface area contributed by atoms with E-state index >= 15 is 0 Å². The van der Waals surface area contributed by atoms with E-state index in [-0.39, 0.29) is 19.1 Å². The number of rotatable bonds is 4. The molecule has 0 radical (unpaired) electrons. The van der Waals surface area contributed by atoms with Gasteiger partial charge in [-0.1, -0.05) is 48.5 Å². The molecule has 0 aromatic heterocycles. The van der Waals surface area contributed by atoms with Crippen molar-refractivity contribution in [1.29, 1.82) is 0 Å². The maximum Gasteiger partial charge on any atom is 0.439 e. The van der Waals surface area contributed by atoms with Gasteiger partial charge in [-0.05, 0) is 17.7 Å². The van der Waals surface area contributed by atoms with E-state index in [1.807, 2.05) is 60.7 Å². The van der Waals surface area contributed by atoms with Crippen molar-refractivity contribution in [2.75, 3.05) is 24.7 Å². The summed E-state index contributed by atoms with van der Waals surface area (Å²) in [7, 11) is 0. The van der Waals surface area contributed by atoms with Gasteiger partial charge in [0.25, 0.3) is 5.91 Å². The quantitative estimate of drug-likeness (QED) is 0.866. The summed E-state index contributed by atoms with van der Waals surface area (Å²) in [6.45, 7) is 0.862. The summed E-state index contributed by atoms with van der Waals surface area (Å²) in [5.41, 5.74) is 1.67. The van der Waals surface area contributed by atoms with Crippen molar-refractivity contribution in [2.24, 2.45) is 0 Å². The second-order valence-corrected chi connectivity index (χ2v) is 5.31. The molecule has 0 atom stereocenters. The van der Waals surface area contributed by atoms with Gasteiger partial charge in [0, 0.05) is 5.69 Å². The number of hydrogen-bond acceptors (Lipinski definition) is 4. The van der Waals surface area contributed by atoms with E-state index in [1.54, 1.807) is 0 Å². The fourth-order valence-electron chi connectivity index (χ4n) is 2.38. The number of hydroxylamine groups is 2. The minimum Gasteiger partial charge on any atom is -0.370 e. The molecule has 1 saturated heterocycles. The average molecular weight is 326 g/mol. The number of carbonyl (C=O) groups excluding carboxylic acids is 2. The molecule has 1 aliphatic rings. The van der Waals surface area contributed by atoms with Gasteiger partial charge in [0.2, 0.25) is 0 Å². The van der Waals surface area contributed by atoms with Crippen molar-refractivity contribution < 1.29 is 19.2 Å². The largest absolute Gasteiger partial charge is 0.439 e. The lowest BCUT2D eigenvalue weighted by atomic mass is 10.2. The summed E-state index contributed by atoms with van der Waals surface area (Å²) >= 11 is 0. The molecule has 1 heterocycles. The number of amides is 2. The van der Waals surface area contributed by atoms with Gasteiger partial charge < -0.3 is 9.57 Å². The summed E-state index contributed by atoms with van der Waals surface area (Å²) in [5, 5.41) is 1.06. The van der Waals surface area contributed by atoms with Crippen LogP contribution in [0.5, 0.6) is 0 Å². The van der Waals surface area contributed by atoms with E-state index in [0.29, 0.717) is 18.8 Å². The Balaban J connectivity index is 1.78. The number of benzene rings is 2. The Morgan fingerprint density at radius 2 is 1.75 bits per heavy atom. The number of carbonyl (C=O) groups is 2. The van der Waals surface area contributed by atoms with Gasteiger partial charge in [-0.15, -0.1) is 0 Å². The molecule has 124 valence electrons. The van der Waals surface area contributed by atoms with Crippen LogP contribution in [-0.4, -0.2) is 36.8 Å². The first kappa shape index (κ1) is 16.0. The molecular weight excluding hydrogens is 308 g/mol. The maximum atomic E-state index is 12.6. The lowest BCUT2D eigenvalue weighted by molar-refractivity contribution is -0.183. The van der Waals surface area contributed by atoms with Crippen LogP contribution < -0.4 is 4.90 Å². The third-order valence-electron chi connectivity index (χ3n) is 3.60. The topological polar surface area (TPSA) is 59.1 Å². The van der Waals surface area contributed by atoms with Gasteiger partial charge in [0.1, 0.15) is 6.61 Å². The zero-order valence-electron chi connectivity index (χ0n) is 13.1. The molecule has 1 fully saturated rings. The molecule has 0 aliphatic carbocycles. The van der Waals surface area contributed by atoms with Gasteiger partial charge in [-0.3, -0.25) is 9.69 Å². The Bertz CT molecular complexity index is 691. The molecular formula is C18H18N2O4. The summed E-state index contributed by atoms with van der Waals surface area (Å²) in [5.74, 6) is -0.359. The predicted octanol–water partition coefficient (Wildman–Crippen LogP) is 2.60. The second-order valence-electron chi connectivity index (χ2n) is 5.31. The SMILES string of the molecule is O=C1COCCN1OC(=O)N(Cc1ccccc1)c1ccccc1. The monoisotopic (exact) mass is 326 g/mol. The van der Waals surface area contributed by atoms with Gasteiger partial charge in [-0.25, -0.2) is 4.79 Å². The molecule has 2 aromatic carbocycles. The number of hydrogen-bond donors (Lipinski definition) is 0. The number of anilines is 1. The van der Waals surface area contributed by atoms with Gasteiger partial charge in [0.15, 0.2) is 0 Å². The van der Waals surface area contributed by atoms with Crippen molar-refractivity contribution in [3.8, 4) is 0 Å². The summed E-state index contributed by atoms with van der Waals surface area (Å²) < 4.78 is 5.04. The standard InChI is InChI=1S/C18H18N2O4/c21-17-14-23-12-11-20(17)24-18(22)19(16-9-5-2-6-10-16)13-15-7-3-1-4-8-15/h1-10H,11-14H2. The zero-order valence-corrected chi connectivity index (χ0v) is 13.1. The van der Waals surface area contributed by atoms with E-state index < -0.39 is 6.09 Å². The van der Waals surface area contributed by atoms with Crippen LogP contribution in [0.4, 0.5) is 10.5 Å². The van der Waals surface area contributed by atoms with E-state index in [4.69, 9.17) is 9.57 Å². The fourth-order valence-corrected chi connectivity index (χ4v) is 2.38. The number of para-hydroxylation sites is 1. The van der Waals surface area contributed by atoms with Crippen LogP contribution in [0.1, 0.15) is 5.56 Å². The highest BCUT2D eigenvalue weighted by molar-refractivity contribution is 5.88. The Labute approximate surface area is 140 Å². The second kappa shape index (κ2) is 7.61. The minimum atomic E-state index is -0.597. The number of morpholine rings is 1. The van der Waals surface area contributed by atoms with Gasteiger partial charge >= 0.3 is 6.09 Å². The molecule has 2 amide bonds. The molecule has 3 rings (SSSR count). The summed E-state index contributed by atoms with van der Waals surface area (Å²) in [6, 6.07) is 18.8. The molecule has 0 saturated carbocycles. The van der Waals surface area contributed by atoms with Crippen molar-refractivity contribution in [3.63, 3.8) is 0 Å². The Morgan fingerprint density at radius 1 is 1.08 bits per heavy atom. The van der Waals surface area contributed by atoms with Crippen molar-refractivity contribution in [3.05, 3.63) is 66.2 Å². The zero-order chi connectivity index (χ0) is 16.8. The molecule has 6 heteroatoms. The van der Waals surface area contributed by atoms with E-state index in [0.717, 1.165) is 10.6 Å². The third-order valence-corrected chi connectivity index (χ3v) is 3.60. The Kier molecular flexibility index (Phi) is 5.08. The van der Waals surface area contributed by atoms with Crippen LogP contribution in [0.25, 0.3) is 0 Å². The highest BCUT2D eigenvalue weighted by atomic mass is 16.7. The van der Waals surface area contributed by atoms with Crippen LogP contribution in [0.15, 0.2) is 60.7 Å². The average Bonchev–Trinajstić information content (AvgIpc) is 2.63. The molecule has 2 aromatic rings. The normalized spacial score (nSPS) is 14.3. The van der Waals surface area contributed by atoms with Crippen LogP contribution >= 0.6 is 0 Å². The molecule has 0 N–H and O–H groups in total. The Hall–Kier alpha value is -2.86. The van der Waals surface area contributed by atoms with Crippen LogP contribution in [0.3, 0.4) is 0 Å². The first-order valence-electron chi connectivity index (χ1n) is 7.70. The van der Waals surface area contributed by atoms with E-state index in [2.05, 4.69) is 0 Å². The molecule has 0 unspecified atom stereocenters. The first-order valence-corrected chi connectivity index (χ1v) is 7.70. The molecule has 24 heavy (non-hydrogen) atoms. The van der Waals surface area contributed by atoms with E-state index in [9.17, 15) is 9.59 Å². The highest BCUT2D eigenvalue weighted by Crippen LogP contribution is 2.19. The predicted molar refractivity (Wildman–Crippen MR) is 88.1 cm³/mol. The van der Waals surface area contributed by atoms with E-state index in [1.165, 1.54) is 4.90 Å². The summed E-state index contributed by atoms with van der Waals surface area (Å²) in [4.78, 5) is 31.2. The lowest BCUT2D eigenvalue weighted by Crippen LogP contribution is -2.45. The number of nitrogens with zero attached hydrogens (tertiary/aromatic N) is 2. The molecule has 0 bridgehead atoms. The lowest BCUT2D eigenvalue weighted by Gasteiger charge is -2.28. The van der Waals surface area contributed by atoms with Crippen LogP contribution in [0, 0.1) is 0 Å². The minimum absolute atomic E-state index is 0.0721.